The summed E-state index contributed by atoms with van der Waals surface area (Å²) in [7, 11) is 3.14. The zero-order valence-corrected chi connectivity index (χ0v) is 13.9. The average molecular weight is 331 g/mol. The number of methoxy groups -OCH3 is 1. The number of amides is 1. The molecule has 0 spiro atoms. The maximum atomic E-state index is 12.4. The SMILES string of the molecule is COc1cccn(CC(=O)N(C)Cc2noc3c2CCCC3)c1=O. The quantitative estimate of drug-likeness (QED) is 0.827. The molecule has 1 aliphatic rings. The molecule has 0 aromatic carbocycles. The standard InChI is InChI=1S/C17H21N3O4/c1-19(10-13-12-6-3-4-7-14(12)24-18-13)16(21)11-20-9-5-8-15(23-2)17(20)22/h5,8-9H,3-4,6-7,10-11H2,1-2H3. The number of nitrogens with zero attached hydrogens (tertiary/aromatic N) is 3. The lowest BCUT2D eigenvalue weighted by molar-refractivity contribution is -0.131. The molecule has 7 heteroatoms. The van der Waals surface area contributed by atoms with E-state index in [2.05, 4.69) is 5.16 Å². The molecular weight excluding hydrogens is 310 g/mol. The number of pyridine rings is 1. The van der Waals surface area contributed by atoms with Crippen molar-refractivity contribution in [1.29, 1.82) is 0 Å². The van der Waals surface area contributed by atoms with Crippen LogP contribution in [0.1, 0.15) is 29.9 Å². The highest BCUT2D eigenvalue weighted by atomic mass is 16.5. The summed E-state index contributed by atoms with van der Waals surface area (Å²) in [6, 6.07) is 3.26. The summed E-state index contributed by atoms with van der Waals surface area (Å²) in [6.07, 6.45) is 5.69. The van der Waals surface area contributed by atoms with Gasteiger partial charge in [0.15, 0.2) is 5.75 Å². The minimum Gasteiger partial charge on any atom is -0.491 e. The third-order valence-corrected chi connectivity index (χ3v) is 4.36. The molecule has 0 fully saturated rings. The van der Waals surface area contributed by atoms with E-state index in [0.29, 0.717) is 6.54 Å². The van der Waals surface area contributed by atoms with E-state index in [4.69, 9.17) is 9.26 Å². The number of aromatic nitrogens is 2. The number of aryl methyl sites for hydroxylation is 1. The van der Waals surface area contributed by atoms with E-state index in [0.717, 1.165) is 42.7 Å². The Morgan fingerprint density at radius 1 is 1.42 bits per heavy atom. The molecule has 128 valence electrons. The molecular formula is C17H21N3O4. The highest BCUT2D eigenvalue weighted by molar-refractivity contribution is 5.75. The van der Waals surface area contributed by atoms with Crippen LogP contribution in [0.4, 0.5) is 0 Å². The van der Waals surface area contributed by atoms with Crippen molar-refractivity contribution in [2.24, 2.45) is 0 Å². The Bertz CT molecular complexity index is 793. The molecule has 24 heavy (non-hydrogen) atoms. The first kappa shape index (κ1) is 16.3. The van der Waals surface area contributed by atoms with Crippen molar-refractivity contribution >= 4 is 5.91 Å². The molecule has 0 aliphatic heterocycles. The molecule has 0 saturated heterocycles. The minimum absolute atomic E-state index is 0.0351. The van der Waals surface area contributed by atoms with Gasteiger partial charge in [-0.1, -0.05) is 5.16 Å². The Kier molecular flexibility index (Phi) is 4.69. The first-order valence-corrected chi connectivity index (χ1v) is 8.04. The molecule has 0 unspecified atom stereocenters. The lowest BCUT2D eigenvalue weighted by Gasteiger charge is -2.18. The van der Waals surface area contributed by atoms with Gasteiger partial charge in [-0.3, -0.25) is 9.59 Å². The summed E-state index contributed by atoms with van der Waals surface area (Å²) in [4.78, 5) is 26.1. The summed E-state index contributed by atoms with van der Waals surface area (Å²) in [6.45, 7) is 0.350. The van der Waals surface area contributed by atoms with Crippen LogP contribution in [-0.4, -0.2) is 34.7 Å². The molecule has 2 aromatic rings. The minimum atomic E-state index is -0.319. The topological polar surface area (TPSA) is 77.6 Å². The molecule has 0 N–H and O–H groups in total. The first-order valence-electron chi connectivity index (χ1n) is 8.04. The van der Waals surface area contributed by atoms with Gasteiger partial charge in [-0.15, -0.1) is 0 Å². The smallest absolute Gasteiger partial charge is 0.293 e. The molecule has 3 rings (SSSR count). The van der Waals surface area contributed by atoms with E-state index in [-0.39, 0.29) is 23.8 Å². The second-order valence-corrected chi connectivity index (χ2v) is 6.00. The highest BCUT2D eigenvalue weighted by Gasteiger charge is 2.21. The van der Waals surface area contributed by atoms with Crippen LogP contribution in [0.2, 0.25) is 0 Å². The molecule has 0 radical (unpaired) electrons. The zero-order chi connectivity index (χ0) is 17.1. The van der Waals surface area contributed by atoms with Gasteiger partial charge in [0.1, 0.15) is 18.0 Å². The van der Waals surface area contributed by atoms with E-state index in [9.17, 15) is 9.59 Å². The van der Waals surface area contributed by atoms with Crippen LogP contribution in [0.3, 0.4) is 0 Å². The Balaban J connectivity index is 1.69. The van der Waals surface area contributed by atoms with Gasteiger partial charge in [0.05, 0.1) is 13.7 Å². The fourth-order valence-corrected chi connectivity index (χ4v) is 2.95. The molecule has 0 saturated carbocycles. The van der Waals surface area contributed by atoms with Gasteiger partial charge >= 0.3 is 0 Å². The Labute approximate surface area is 139 Å². The van der Waals surface area contributed by atoms with Crippen LogP contribution in [0.25, 0.3) is 0 Å². The number of carbonyl (C=O) groups excluding carboxylic acids is 1. The second kappa shape index (κ2) is 6.90. The first-order chi connectivity index (χ1) is 11.6. The number of fused-ring (bicyclic) bond motifs is 1. The fourth-order valence-electron chi connectivity index (χ4n) is 2.95. The summed E-state index contributed by atoms with van der Waals surface area (Å²) < 4.78 is 11.7. The van der Waals surface area contributed by atoms with Crippen molar-refractivity contribution in [1.82, 2.24) is 14.6 Å². The maximum Gasteiger partial charge on any atom is 0.293 e. The van der Waals surface area contributed by atoms with E-state index in [1.807, 2.05) is 0 Å². The van der Waals surface area contributed by atoms with Crippen LogP contribution in [0.15, 0.2) is 27.6 Å². The van der Waals surface area contributed by atoms with E-state index in [1.165, 1.54) is 11.7 Å². The number of hydrogen-bond acceptors (Lipinski definition) is 5. The van der Waals surface area contributed by atoms with E-state index >= 15 is 0 Å². The van der Waals surface area contributed by atoms with Crippen LogP contribution in [0.5, 0.6) is 5.75 Å². The largest absolute Gasteiger partial charge is 0.491 e. The molecule has 0 bridgehead atoms. The third kappa shape index (κ3) is 3.20. The van der Waals surface area contributed by atoms with Crippen LogP contribution in [0, 0.1) is 0 Å². The van der Waals surface area contributed by atoms with Gasteiger partial charge in [0.25, 0.3) is 5.56 Å². The number of likely N-dealkylation sites (N-methyl/N-ethyl adjacent to an activating group) is 1. The van der Waals surface area contributed by atoms with Crippen molar-refractivity contribution < 1.29 is 14.1 Å². The summed E-state index contributed by atoms with van der Waals surface area (Å²) >= 11 is 0. The zero-order valence-electron chi connectivity index (χ0n) is 13.9. The molecule has 7 nitrogen and oxygen atoms in total. The number of ether oxygens (including phenoxy) is 1. The van der Waals surface area contributed by atoms with E-state index < -0.39 is 0 Å². The van der Waals surface area contributed by atoms with Crippen LogP contribution < -0.4 is 10.3 Å². The predicted octanol–water partition coefficient (Wildman–Crippen LogP) is 1.38. The van der Waals surface area contributed by atoms with Crippen molar-refractivity contribution in [2.75, 3.05) is 14.2 Å². The Morgan fingerprint density at radius 3 is 3.00 bits per heavy atom. The summed E-state index contributed by atoms with van der Waals surface area (Å²) in [5.74, 6) is 0.998. The van der Waals surface area contributed by atoms with Crippen molar-refractivity contribution in [3.8, 4) is 5.75 Å². The summed E-state index contributed by atoms with van der Waals surface area (Å²) in [5.41, 5.74) is 1.64. The monoisotopic (exact) mass is 331 g/mol. The third-order valence-electron chi connectivity index (χ3n) is 4.36. The molecule has 2 heterocycles. The highest BCUT2D eigenvalue weighted by Crippen LogP contribution is 2.24. The van der Waals surface area contributed by atoms with Gasteiger partial charge in [0, 0.05) is 25.2 Å². The molecule has 1 amide bonds. The number of carbonyl (C=O) groups is 1. The van der Waals surface area contributed by atoms with Gasteiger partial charge in [-0.2, -0.15) is 0 Å². The molecule has 0 atom stereocenters. The van der Waals surface area contributed by atoms with Gasteiger partial charge < -0.3 is 18.7 Å². The average Bonchev–Trinajstić information content (AvgIpc) is 3.00. The Hall–Kier alpha value is -2.57. The lowest BCUT2D eigenvalue weighted by atomic mass is 9.96. The normalized spacial score (nSPS) is 13.4. The number of rotatable bonds is 5. The second-order valence-electron chi connectivity index (χ2n) is 6.00. The van der Waals surface area contributed by atoms with Crippen LogP contribution >= 0.6 is 0 Å². The van der Waals surface area contributed by atoms with Gasteiger partial charge in [-0.25, -0.2) is 0 Å². The van der Waals surface area contributed by atoms with Crippen molar-refractivity contribution in [3.63, 3.8) is 0 Å². The van der Waals surface area contributed by atoms with Gasteiger partial charge in [0.2, 0.25) is 5.91 Å². The predicted molar refractivity (Wildman–Crippen MR) is 86.9 cm³/mol. The van der Waals surface area contributed by atoms with Crippen molar-refractivity contribution in [3.05, 3.63) is 45.7 Å². The number of hydrogen-bond donors (Lipinski definition) is 0. The summed E-state index contributed by atoms with van der Waals surface area (Å²) in [5, 5.41) is 4.11. The fraction of sp³-hybridized carbons (Fsp3) is 0.471. The lowest BCUT2D eigenvalue weighted by Crippen LogP contribution is -2.33. The molecule has 1 aliphatic carbocycles. The van der Waals surface area contributed by atoms with Gasteiger partial charge in [-0.05, 0) is 31.4 Å². The Morgan fingerprint density at radius 2 is 2.21 bits per heavy atom. The van der Waals surface area contributed by atoms with Crippen molar-refractivity contribution in [2.45, 2.75) is 38.8 Å². The molecule has 2 aromatic heterocycles. The van der Waals surface area contributed by atoms with Crippen LogP contribution in [-0.2, 0) is 30.7 Å². The maximum absolute atomic E-state index is 12.4. The van der Waals surface area contributed by atoms with E-state index in [1.54, 1.807) is 30.3 Å².